The lowest BCUT2D eigenvalue weighted by Gasteiger charge is -2.22. The molecule has 3 rings (SSSR count). The van der Waals surface area contributed by atoms with E-state index < -0.39 is 0 Å². The first-order valence-electron chi connectivity index (χ1n) is 11.7. The second kappa shape index (κ2) is 13.0. The summed E-state index contributed by atoms with van der Waals surface area (Å²) in [5.41, 5.74) is 3.96. The second-order valence-electron chi connectivity index (χ2n) is 8.21. The molecule has 1 heterocycles. The number of unbranched alkanes of at least 4 members (excludes halogenated alkanes) is 1. The van der Waals surface area contributed by atoms with Gasteiger partial charge in [0.05, 0.1) is 12.6 Å². The van der Waals surface area contributed by atoms with E-state index in [9.17, 15) is 0 Å². The second-order valence-corrected chi connectivity index (χ2v) is 8.21. The zero-order valence-corrected chi connectivity index (χ0v) is 19.1. The van der Waals surface area contributed by atoms with Gasteiger partial charge in [0.15, 0.2) is 5.96 Å². The largest absolute Gasteiger partial charge is 0.381 e. The SMILES string of the molecule is CN=C(NCCCCOCCc1ccccc1)NC(C)c1cccc(N2CCCC2)c1. The molecule has 0 spiro atoms. The molecule has 1 atom stereocenters. The van der Waals surface area contributed by atoms with Crippen LogP contribution in [0.25, 0.3) is 0 Å². The lowest BCUT2D eigenvalue weighted by molar-refractivity contribution is 0.133. The van der Waals surface area contributed by atoms with Gasteiger partial charge in [-0.1, -0.05) is 42.5 Å². The lowest BCUT2D eigenvalue weighted by atomic mass is 10.1. The number of ether oxygens (including phenoxy) is 1. The summed E-state index contributed by atoms with van der Waals surface area (Å²) in [7, 11) is 1.83. The Hall–Kier alpha value is -2.53. The highest BCUT2D eigenvalue weighted by Crippen LogP contribution is 2.23. The fourth-order valence-corrected chi connectivity index (χ4v) is 3.92. The Morgan fingerprint density at radius 3 is 2.61 bits per heavy atom. The fraction of sp³-hybridized carbons (Fsp3) is 0.500. The van der Waals surface area contributed by atoms with Crippen LogP contribution in [-0.2, 0) is 11.2 Å². The van der Waals surface area contributed by atoms with E-state index in [1.54, 1.807) is 0 Å². The molecule has 2 N–H and O–H groups in total. The zero-order chi connectivity index (χ0) is 21.7. The Labute approximate surface area is 187 Å². The summed E-state index contributed by atoms with van der Waals surface area (Å²) in [4.78, 5) is 6.86. The third-order valence-corrected chi connectivity index (χ3v) is 5.80. The van der Waals surface area contributed by atoms with Crippen LogP contribution in [0.15, 0.2) is 59.6 Å². The van der Waals surface area contributed by atoms with Crippen molar-refractivity contribution < 1.29 is 4.74 Å². The molecular weight excluding hydrogens is 384 g/mol. The molecule has 1 aliphatic heterocycles. The van der Waals surface area contributed by atoms with Gasteiger partial charge in [0.25, 0.3) is 0 Å². The number of hydrogen-bond acceptors (Lipinski definition) is 3. The van der Waals surface area contributed by atoms with E-state index in [1.807, 2.05) is 13.1 Å². The van der Waals surface area contributed by atoms with Crippen molar-refractivity contribution in [3.8, 4) is 0 Å². The average Bonchev–Trinajstić information content (AvgIpc) is 3.36. The van der Waals surface area contributed by atoms with Crippen LogP contribution in [0.1, 0.15) is 49.8 Å². The quantitative estimate of drug-likeness (QED) is 0.317. The number of nitrogens with one attached hydrogen (secondary N) is 2. The number of hydrogen-bond donors (Lipinski definition) is 2. The predicted octanol–water partition coefficient (Wildman–Crippen LogP) is 4.55. The molecule has 31 heavy (non-hydrogen) atoms. The third kappa shape index (κ3) is 7.91. The topological polar surface area (TPSA) is 48.9 Å². The number of rotatable bonds is 11. The molecule has 5 nitrogen and oxygen atoms in total. The monoisotopic (exact) mass is 422 g/mol. The molecule has 1 aliphatic rings. The van der Waals surface area contributed by atoms with E-state index in [-0.39, 0.29) is 6.04 Å². The summed E-state index contributed by atoms with van der Waals surface area (Å²) in [6, 6.07) is 19.6. The van der Waals surface area contributed by atoms with Crippen LogP contribution >= 0.6 is 0 Å². The minimum atomic E-state index is 0.204. The molecule has 1 saturated heterocycles. The van der Waals surface area contributed by atoms with Gasteiger partial charge >= 0.3 is 0 Å². The molecule has 2 aromatic carbocycles. The van der Waals surface area contributed by atoms with Gasteiger partial charge < -0.3 is 20.3 Å². The zero-order valence-electron chi connectivity index (χ0n) is 19.1. The summed E-state index contributed by atoms with van der Waals surface area (Å²) in [5.74, 6) is 0.851. The third-order valence-electron chi connectivity index (χ3n) is 5.80. The standard InChI is InChI=1S/C26H38N4O/c1-22(24-13-10-14-25(21-24)30-17-7-8-18-30)29-26(27-2)28-16-6-9-19-31-20-15-23-11-4-3-5-12-23/h3-5,10-14,21-22H,6-9,15-20H2,1-2H3,(H2,27,28,29). The van der Waals surface area contributed by atoms with Crippen molar-refractivity contribution in [2.75, 3.05) is 44.8 Å². The van der Waals surface area contributed by atoms with Crippen molar-refractivity contribution in [3.63, 3.8) is 0 Å². The number of anilines is 1. The molecule has 1 fully saturated rings. The number of benzene rings is 2. The van der Waals surface area contributed by atoms with Crippen LogP contribution in [0.3, 0.4) is 0 Å². The fourth-order valence-electron chi connectivity index (χ4n) is 3.92. The van der Waals surface area contributed by atoms with Gasteiger partial charge in [-0.05, 0) is 62.3 Å². The number of aliphatic imine (C=N–C) groups is 1. The summed E-state index contributed by atoms with van der Waals surface area (Å²) < 4.78 is 5.77. The Bertz CT molecular complexity index is 787. The van der Waals surface area contributed by atoms with Gasteiger partial charge in [0.1, 0.15) is 0 Å². The first-order valence-corrected chi connectivity index (χ1v) is 11.7. The van der Waals surface area contributed by atoms with Gasteiger partial charge in [-0.3, -0.25) is 4.99 Å². The van der Waals surface area contributed by atoms with Crippen LogP contribution in [0, 0.1) is 0 Å². The van der Waals surface area contributed by atoms with Crippen LogP contribution in [-0.4, -0.2) is 45.9 Å². The molecule has 0 bridgehead atoms. The minimum absolute atomic E-state index is 0.204. The molecule has 1 unspecified atom stereocenters. The van der Waals surface area contributed by atoms with Gasteiger partial charge in [0, 0.05) is 39.0 Å². The molecule has 0 aromatic heterocycles. The van der Waals surface area contributed by atoms with E-state index in [0.717, 1.165) is 45.0 Å². The average molecular weight is 423 g/mol. The van der Waals surface area contributed by atoms with Crippen molar-refractivity contribution in [2.24, 2.45) is 4.99 Å². The summed E-state index contributed by atoms with van der Waals surface area (Å²) in [6.07, 6.45) is 5.68. The summed E-state index contributed by atoms with van der Waals surface area (Å²) in [5, 5.41) is 6.95. The maximum absolute atomic E-state index is 5.77. The molecule has 0 amide bonds. The van der Waals surface area contributed by atoms with Gasteiger partial charge in [-0.15, -0.1) is 0 Å². The van der Waals surface area contributed by atoms with Crippen LogP contribution in [0.2, 0.25) is 0 Å². The van der Waals surface area contributed by atoms with Crippen LogP contribution < -0.4 is 15.5 Å². The van der Waals surface area contributed by atoms with Crippen molar-refractivity contribution >= 4 is 11.6 Å². The molecular formula is C26H38N4O. The van der Waals surface area contributed by atoms with Crippen molar-refractivity contribution in [2.45, 2.75) is 45.1 Å². The minimum Gasteiger partial charge on any atom is -0.381 e. The molecule has 0 radical (unpaired) electrons. The highest BCUT2D eigenvalue weighted by atomic mass is 16.5. The Morgan fingerprint density at radius 1 is 1.03 bits per heavy atom. The first-order chi connectivity index (χ1) is 15.3. The molecule has 0 saturated carbocycles. The summed E-state index contributed by atoms with van der Waals surface area (Å²) >= 11 is 0. The highest BCUT2D eigenvalue weighted by Gasteiger charge is 2.14. The number of guanidine groups is 1. The molecule has 5 heteroatoms. The van der Waals surface area contributed by atoms with Crippen molar-refractivity contribution in [1.82, 2.24) is 10.6 Å². The van der Waals surface area contributed by atoms with E-state index in [4.69, 9.17) is 4.74 Å². The molecule has 2 aromatic rings. The van der Waals surface area contributed by atoms with Gasteiger partial charge in [-0.2, -0.15) is 0 Å². The van der Waals surface area contributed by atoms with E-state index in [2.05, 4.69) is 76.0 Å². The first kappa shape index (κ1) is 23.1. The van der Waals surface area contributed by atoms with Gasteiger partial charge in [0.2, 0.25) is 0 Å². The van der Waals surface area contributed by atoms with E-state index in [1.165, 1.54) is 42.7 Å². The summed E-state index contributed by atoms with van der Waals surface area (Å²) in [6.45, 7) is 7.02. The van der Waals surface area contributed by atoms with Crippen molar-refractivity contribution in [3.05, 3.63) is 65.7 Å². The molecule has 168 valence electrons. The number of nitrogens with zero attached hydrogens (tertiary/aromatic N) is 2. The lowest BCUT2D eigenvalue weighted by Crippen LogP contribution is -2.39. The van der Waals surface area contributed by atoms with E-state index in [0.29, 0.717) is 0 Å². The Balaban J connectivity index is 1.31. The Morgan fingerprint density at radius 2 is 1.84 bits per heavy atom. The highest BCUT2D eigenvalue weighted by molar-refractivity contribution is 5.80. The maximum Gasteiger partial charge on any atom is 0.191 e. The Kier molecular flexibility index (Phi) is 9.71. The normalized spacial score (nSPS) is 15.2. The van der Waals surface area contributed by atoms with Crippen LogP contribution in [0.5, 0.6) is 0 Å². The smallest absolute Gasteiger partial charge is 0.191 e. The van der Waals surface area contributed by atoms with Crippen molar-refractivity contribution in [1.29, 1.82) is 0 Å². The van der Waals surface area contributed by atoms with Crippen LogP contribution in [0.4, 0.5) is 5.69 Å². The molecule has 0 aliphatic carbocycles. The van der Waals surface area contributed by atoms with Gasteiger partial charge in [-0.25, -0.2) is 0 Å². The predicted molar refractivity (Wildman–Crippen MR) is 131 cm³/mol. The van der Waals surface area contributed by atoms with E-state index >= 15 is 0 Å². The maximum atomic E-state index is 5.77.